The van der Waals surface area contributed by atoms with Gasteiger partial charge in [0.2, 0.25) is 0 Å². The van der Waals surface area contributed by atoms with Crippen molar-refractivity contribution < 1.29 is 23.7 Å². The molecule has 7 nitrogen and oxygen atoms in total. The lowest BCUT2D eigenvalue weighted by molar-refractivity contribution is -0.263. The molecular formula is C31H49NO6. The number of methoxy groups -OCH3 is 3. The lowest BCUT2D eigenvalue weighted by Gasteiger charge is -2.45. The van der Waals surface area contributed by atoms with E-state index in [0.29, 0.717) is 48.3 Å². The molecule has 2 aliphatic heterocycles. The van der Waals surface area contributed by atoms with E-state index in [1.165, 1.54) is 18.4 Å². The van der Waals surface area contributed by atoms with Crippen LogP contribution in [0.25, 0.3) is 0 Å². The van der Waals surface area contributed by atoms with Crippen LogP contribution in [0.1, 0.15) is 96.8 Å². The Bertz CT molecular complexity index is 1070. The number of nitrogens with zero attached hydrogens (tertiary/aromatic N) is 1. The lowest BCUT2D eigenvalue weighted by atomic mass is 9.76. The molecule has 1 aromatic heterocycles. The van der Waals surface area contributed by atoms with Crippen molar-refractivity contribution in [3.8, 4) is 5.75 Å². The van der Waals surface area contributed by atoms with Crippen molar-refractivity contribution in [2.45, 2.75) is 109 Å². The van der Waals surface area contributed by atoms with Crippen molar-refractivity contribution in [3.05, 3.63) is 39.3 Å². The summed E-state index contributed by atoms with van der Waals surface area (Å²) < 4.78 is 32.9. The van der Waals surface area contributed by atoms with Gasteiger partial charge in [0.15, 0.2) is 5.79 Å². The standard InChI is InChI=1S/C31H49NO6/c1-10-19(2)15-20(3)16-22(5)27-21(4)11-12-24(37-27)26-28-23(18-32(6)29(26)33)31(36-9)14-13-30(34-7,35-8)17-25(31)38-28/h16,18-21,24-25,27H,10-15,17H2,1-9H3. The van der Waals surface area contributed by atoms with E-state index in [4.69, 9.17) is 23.7 Å². The first kappa shape index (κ1) is 29.3. The minimum Gasteiger partial charge on any atom is -0.486 e. The molecule has 1 aromatic rings. The molecule has 0 amide bonds. The Labute approximate surface area is 228 Å². The number of pyridine rings is 1. The van der Waals surface area contributed by atoms with Gasteiger partial charge in [0.05, 0.1) is 17.8 Å². The van der Waals surface area contributed by atoms with Gasteiger partial charge in [-0.15, -0.1) is 0 Å². The Morgan fingerprint density at radius 1 is 1.18 bits per heavy atom. The summed E-state index contributed by atoms with van der Waals surface area (Å²) >= 11 is 0. The summed E-state index contributed by atoms with van der Waals surface area (Å²) in [5.74, 6) is 1.48. The fourth-order valence-electron chi connectivity index (χ4n) is 7.05. The van der Waals surface area contributed by atoms with Crippen molar-refractivity contribution in [1.29, 1.82) is 0 Å². The fourth-order valence-corrected chi connectivity index (χ4v) is 7.05. The molecule has 0 bridgehead atoms. The van der Waals surface area contributed by atoms with E-state index in [1.807, 2.05) is 13.2 Å². The zero-order valence-electron chi connectivity index (χ0n) is 25.0. The number of hydrogen-bond donors (Lipinski definition) is 0. The molecule has 1 saturated carbocycles. The highest BCUT2D eigenvalue weighted by Gasteiger charge is 2.58. The van der Waals surface area contributed by atoms with Crippen LogP contribution in [0, 0.1) is 17.8 Å². The molecule has 3 aliphatic rings. The van der Waals surface area contributed by atoms with Gasteiger partial charge in [-0.3, -0.25) is 4.79 Å². The summed E-state index contributed by atoms with van der Waals surface area (Å²) in [6.45, 7) is 11.3. The topological polar surface area (TPSA) is 68.2 Å². The van der Waals surface area contributed by atoms with Crippen LogP contribution in [0.3, 0.4) is 0 Å². The second-order valence-corrected chi connectivity index (χ2v) is 12.2. The normalized spacial score (nSPS) is 32.3. The average Bonchev–Trinajstić information content (AvgIpc) is 3.22. The first-order valence-electron chi connectivity index (χ1n) is 14.4. The van der Waals surface area contributed by atoms with Gasteiger partial charge in [0.1, 0.15) is 17.5 Å². The maximum absolute atomic E-state index is 13.7. The minimum atomic E-state index is -0.729. The number of hydrogen-bond acceptors (Lipinski definition) is 6. The van der Waals surface area contributed by atoms with Gasteiger partial charge in [-0.25, -0.2) is 0 Å². The van der Waals surface area contributed by atoms with Crippen molar-refractivity contribution >= 4 is 0 Å². The molecule has 1 aliphatic carbocycles. The predicted molar refractivity (Wildman–Crippen MR) is 148 cm³/mol. The number of aryl methyl sites for hydroxylation is 1. The van der Waals surface area contributed by atoms with Crippen LogP contribution in [0.5, 0.6) is 5.75 Å². The van der Waals surface area contributed by atoms with Gasteiger partial charge in [-0.1, -0.05) is 40.2 Å². The molecule has 38 heavy (non-hydrogen) atoms. The Hall–Kier alpha value is -1.67. The summed E-state index contributed by atoms with van der Waals surface area (Å²) in [6.07, 6.45) is 9.58. The summed E-state index contributed by atoms with van der Waals surface area (Å²) in [4.78, 5) is 13.7. The highest BCUT2D eigenvalue weighted by atomic mass is 16.7. The molecule has 0 N–H and O–H groups in total. The van der Waals surface area contributed by atoms with Crippen molar-refractivity contribution in [2.75, 3.05) is 21.3 Å². The molecule has 3 heterocycles. The van der Waals surface area contributed by atoms with E-state index in [2.05, 4.69) is 40.7 Å². The van der Waals surface area contributed by atoms with E-state index < -0.39 is 11.4 Å². The highest BCUT2D eigenvalue weighted by molar-refractivity contribution is 5.49. The molecule has 0 aromatic carbocycles. The monoisotopic (exact) mass is 531 g/mol. The zero-order chi connectivity index (χ0) is 27.8. The van der Waals surface area contributed by atoms with Crippen LogP contribution < -0.4 is 10.3 Å². The summed E-state index contributed by atoms with van der Waals surface area (Å²) in [6, 6.07) is 0. The quantitative estimate of drug-likeness (QED) is 0.286. The molecule has 0 spiro atoms. The number of allylic oxidation sites excluding steroid dienone is 1. The fraction of sp³-hybridized carbons (Fsp3) is 0.774. The van der Waals surface area contributed by atoms with E-state index >= 15 is 0 Å². The maximum atomic E-state index is 13.7. The molecule has 1 saturated heterocycles. The smallest absolute Gasteiger partial charge is 0.259 e. The van der Waals surface area contributed by atoms with Crippen LogP contribution in [-0.4, -0.2) is 43.9 Å². The minimum absolute atomic E-state index is 0.0246. The van der Waals surface area contributed by atoms with E-state index in [1.54, 1.807) is 25.9 Å². The van der Waals surface area contributed by atoms with Crippen molar-refractivity contribution in [2.24, 2.45) is 24.8 Å². The van der Waals surface area contributed by atoms with Gasteiger partial charge in [0.25, 0.3) is 5.56 Å². The first-order valence-corrected chi connectivity index (χ1v) is 14.4. The molecule has 0 radical (unpaired) electrons. The Balaban J connectivity index is 1.68. The largest absolute Gasteiger partial charge is 0.486 e. The summed E-state index contributed by atoms with van der Waals surface area (Å²) in [5, 5.41) is 0. The van der Waals surface area contributed by atoms with Crippen LogP contribution in [0.4, 0.5) is 0 Å². The Morgan fingerprint density at radius 3 is 2.53 bits per heavy atom. The molecule has 7 unspecified atom stereocenters. The SMILES string of the molecule is CCC(C)CC(C)C=C(C)C1OC(c2c3c(cn(C)c2=O)C2(OC)CCC(OC)(OC)CC2O3)CCC1C. The maximum Gasteiger partial charge on any atom is 0.259 e. The third-order valence-corrected chi connectivity index (χ3v) is 9.58. The predicted octanol–water partition coefficient (Wildman–Crippen LogP) is 6.04. The van der Waals surface area contributed by atoms with Gasteiger partial charge in [0, 0.05) is 53.0 Å². The second-order valence-electron chi connectivity index (χ2n) is 12.2. The number of rotatable bonds is 9. The zero-order valence-corrected chi connectivity index (χ0v) is 25.0. The molecule has 214 valence electrons. The summed E-state index contributed by atoms with van der Waals surface area (Å²) in [7, 11) is 6.88. The van der Waals surface area contributed by atoms with Crippen LogP contribution in [0.2, 0.25) is 0 Å². The van der Waals surface area contributed by atoms with Crippen molar-refractivity contribution in [1.82, 2.24) is 4.57 Å². The van der Waals surface area contributed by atoms with Gasteiger partial charge in [-0.2, -0.15) is 0 Å². The van der Waals surface area contributed by atoms with Gasteiger partial charge >= 0.3 is 0 Å². The van der Waals surface area contributed by atoms with E-state index in [9.17, 15) is 4.79 Å². The molecule has 7 atom stereocenters. The highest BCUT2D eigenvalue weighted by Crippen LogP contribution is 2.55. The molecule has 4 rings (SSSR count). The molecule has 7 heteroatoms. The van der Waals surface area contributed by atoms with Gasteiger partial charge in [-0.05, 0) is 55.9 Å². The number of ether oxygens (including phenoxy) is 5. The van der Waals surface area contributed by atoms with Crippen LogP contribution in [-0.2, 0) is 31.6 Å². The second kappa shape index (κ2) is 11.4. The van der Waals surface area contributed by atoms with Crippen LogP contribution in [0.15, 0.2) is 22.6 Å². The lowest BCUT2D eigenvalue weighted by Crippen LogP contribution is -2.53. The summed E-state index contributed by atoms with van der Waals surface area (Å²) in [5.41, 5.74) is 2.09. The molecule has 2 fully saturated rings. The third kappa shape index (κ3) is 5.12. The molecular weight excluding hydrogens is 482 g/mol. The Morgan fingerprint density at radius 2 is 1.89 bits per heavy atom. The van der Waals surface area contributed by atoms with Gasteiger partial charge < -0.3 is 28.3 Å². The third-order valence-electron chi connectivity index (χ3n) is 9.58. The van der Waals surface area contributed by atoms with E-state index in [0.717, 1.165) is 18.4 Å². The first-order chi connectivity index (χ1) is 18.0. The van der Waals surface area contributed by atoms with Crippen molar-refractivity contribution in [3.63, 3.8) is 0 Å². The van der Waals surface area contributed by atoms with E-state index in [-0.39, 0.29) is 23.9 Å². The average molecular weight is 532 g/mol. The Kier molecular flexibility index (Phi) is 8.83. The van der Waals surface area contributed by atoms with Crippen LogP contribution >= 0.6 is 0 Å². The number of fused-ring (bicyclic) bond motifs is 3. The number of aromatic nitrogens is 1.